The third-order valence-corrected chi connectivity index (χ3v) is 4.22. The molecule has 1 aliphatic heterocycles. The van der Waals surface area contributed by atoms with Gasteiger partial charge in [-0.15, -0.1) is 11.3 Å². The van der Waals surface area contributed by atoms with E-state index in [2.05, 4.69) is 5.32 Å². The fraction of sp³-hybridized carbons (Fsp3) is 0.615. The second kappa shape index (κ2) is 7.00. The topological polar surface area (TPSA) is 61.8 Å². The summed E-state index contributed by atoms with van der Waals surface area (Å²) in [5, 5.41) is 15.0. The minimum Gasteiger partial charge on any atom is -0.387 e. The van der Waals surface area contributed by atoms with Crippen molar-refractivity contribution in [3.8, 4) is 0 Å². The van der Waals surface area contributed by atoms with E-state index >= 15 is 0 Å². The zero-order valence-electron chi connectivity index (χ0n) is 11.0. The predicted octanol–water partition coefficient (Wildman–Crippen LogP) is 0.618. The van der Waals surface area contributed by atoms with Crippen LogP contribution in [0.4, 0.5) is 0 Å². The smallest absolute Gasteiger partial charge is 0.236 e. The van der Waals surface area contributed by atoms with Crippen LogP contribution >= 0.6 is 11.3 Å². The largest absolute Gasteiger partial charge is 0.387 e. The number of aliphatic hydroxyl groups excluding tert-OH is 1. The zero-order valence-corrected chi connectivity index (χ0v) is 11.9. The summed E-state index contributed by atoms with van der Waals surface area (Å²) >= 11 is 1.53. The number of likely N-dealkylation sites (N-methyl/N-ethyl adjacent to an activating group) is 1. The molecule has 1 fully saturated rings. The number of thiophene rings is 1. The first-order chi connectivity index (χ1) is 9.22. The fourth-order valence-corrected chi connectivity index (χ4v) is 3.01. The van der Waals surface area contributed by atoms with Crippen molar-refractivity contribution in [3.05, 3.63) is 22.4 Å². The van der Waals surface area contributed by atoms with Crippen molar-refractivity contribution in [2.24, 2.45) is 0 Å². The van der Waals surface area contributed by atoms with Crippen molar-refractivity contribution in [2.75, 3.05) is 33.4 Å². The standard InChI is InChI=1S/C13H20N2O3S/c1-14-8-13(17)15-4-5-18-9-10(15)7-11(16)12-3-2-6-19-12/h2-3,6,10-11,14,16H,4-5,7-9H2,1H3. The molecule has 5 nitrogen and oxygen atoms in total. The highest BCUT2D eigenvalue weighted by atomic mass is 32.1. The van der Waals surface area contributed by atoms with Crippen LogP contribution in [0, 0.1) is 0 Å². The number of rotatable bonds is 5. The van der Waals surface area contributed by atoms with Gasteiger partial charge in [0, 0.05) is 17.8 Å². The summed E-state index contributed by atoms with van der Waals surface area (Å²) in [5.41, 5.74) is 0. The number of nitrogens with one attached hydrogen (secondary N) is 1. The van der Waals surface area contributed by atoms with Gasteiger partial charge in [0.2, 0.25) is 5.91 Å². The van der Waals surface area contributed by atoms with Crippen molar-refractivity contribution in [1.29, 1.82) is 0 Å². The van der Waals surface area contributed by atoms with Crippen LogP contribution in [0.25, 0.3) is 0 Å². The molecule has 1 aliphatic rings. The van der Waals surface area contributed by atoms with E-state index in [0.29, 0.717) is 32.7 Å². The Labute approximate surface area is 117 Å². The number of hydrogen-bond donors (Lipinski definition) is 2. The van der Waals surface area contributed by atoms with Crippen LogP contribution in [-0.4, -0.2) is 55.3 Å². The van der Waals surface area contributed by atoms with E-state index in [9.17, 15) is 9.90 Å². The van der Waals surface area contributed by atoms with E-state index in [1.54, 1.807) is 7.05 Å². The van der Waals surface area contributed by atoms with Crippen LogP contribution in [0.15, 0.2) is 17.5 Å². The Hall–Kier alpha value is -0.950. The monoisotopic (exact) mass is 284 g/mol. The highest BCUT2D eigenvalue weighted by Crippen LogP contribution is 2.25. The molecule has 1 aromatic heterocycles. The first-order valence-corrected chi connectivity index (χ1v) is 7.33. The summed E-state index contributed by atoms with van der Waals surface area (Å²) in [6.45, 7) is 1.99. The fourth-order valence-electron chi connectivity index (χ4n) is 2.29. The third kappa shape index (κ3) is 3.76. The minimum atomic E-state index is -0.531. The first-order valence-electron chi connectivity index (χ1n) is 6.45. The second-order valence-corrected chi connectivity index (χ2v) is 5.59. The lowest BCUT2D eigenvalue weighted by atomic mass is 10.1. The predicted molar refractivity (Wildman–Crippen MR) is 74.1 cm³/mol. The van der Waals surface area contributed by atoms with Gasteiger partial charge in [-0.05, 0) is 18.5 Å². The molecule has 6 heteroatoms. The third-order valence-electron chi connectivity index (χ3n) is 3.24. The molecule has 0 saturated carbocycles. The lowest BCUT2D eigenvalue weighted by Gasteiger charge is -2.36. The first kappa shape index (κ1) is 14.5. The summed E-state index contributed by atoms with van der Waals surface area (Å²) in [6.07, 6.45) is -0.00716. The SMILES string of the molecule is CNCC(=O)N1CCOCC1CC(O)c1cccs1. The van der Waals surface area contributed by atoms with Crippen LogP contribution in [0.5, 0.6) is 0 Å². The highest BCUT2D eigenvalue weighted by Gasteiger charge is 2.29. The van der Waals surface area contributed by atoms with Crippen molar-refractivity contribution in [3.63, 3.8) is 0 Å². The van der Waals surface area contributed by atoms with Gasteiger partial charge in [-0.1, -0.05) is 6.07 Å². The van der Waals surface area contributed by atoms with Gasteiger partial charge in [0.25, 0.3) is 0 Å². The number of amides is 1. The van der Waals surface area contributed by atoms with Gasteiger partial charge >= 0.3 is 0 Å². The van der Waals surface area contributed by atoms with Crippen LogP contribution in [-0.2, 0) is 9.53 Å². The average Bonchev–Trinajstić information content (AvgIpc) is 2.93. The number of carbonyl (C=O) groups is 1. The Kier molecular flexibility index (Phi) is 5.33. The molecular weight excluding hydrogens is 264 g/mol. The van der Waals surface area contributed by atoms with E-state index in [4.69, 9.17) is 4.74 Å². The maximum atomic E-state index is 12.0. The number of hydrogen-bond acceptors (Lipinski definition) is 5. The molecule has 1 aromatic rings. The zero-order chi connectivity index (χ0) is 13.7. The Bertz CT molecular complexity index is 397. The molecule has 2 N–H and O–H groups in total. The molecule has 0 aliphatic carbocycles. The van der Waals surface area contributed by atoms with Crippen molar-refractivity contribution < 1.29 is 14.6 Å². The van der Waals surface area contributed by atoms with Gasteiger partial charge < -0.3 is 20.1 Å². The molecule has 2 atom stereocenters. The number of morpholine rings is 1. The minimum absolute atomic E-state index is 0.0494. The van der Waals surface area contributed by atoms with E-state index < -0.39 is 6.10 Å². The summed E-state index contributed by atoms with van der Waals surface area (Å²) in [4.78, 5) is 14.8. The molecule has 0 radical (unpaired) electrons. The van der Waals surface area contributed by atoms with E-state index in [1.165, 1.54) is 11.3 Å². The molecule has 1 amide bonds. The molecule has 0 spiro atoms. The van der Waals surface area contributed by atoms with Gasteiger partial charge in [0.05, 0.1) is 31.9 Å². The van der Waals surface area contributed by atoms with Crippen molar-refractivity contribution >= 4 is 17.2 Å². The molecule has 2 heterocycles. The van der Waals surface area contributed by atoms with Gasteiger partial charge in [0.1, 0.15) is 0 Å². The number of nitrogens with zero attached hydrogens (tertiary/aromatic N) is 1. The normalized spacial score (nSPS) is 21.4. The van der Waals surface area contributed by atoms with Crippen LogP contribution < -0.4 is 5.32 Å². The molecule has 1 saturated heterocycles. The van der Waals surface area contributed by atoms with Gasteiger partial charge in [-0.3, -0.25) is 4.79 Å². The van der Waals surface area contributed by atoms with Crippen molar-refractivity contribution in [1.82, 2.24) is 10.2 Å². The number of ether oxygens (including phenoxy) is 1. The Morgan fingerprint density at radius 3 is 3.26 bits per heavy atom. The molecule has 19 heavy (non-hydrogen) atoms. The summed E-state index contributed by atoms with van der Waals surface area (Å²) in [7, 11) is 1.76. The Morgan fingerprint density at radius 1 is 1.74 bits per heavy atom. The molecule has 0 bridgehead atoms. The molecular formula is C13H20N2O3S. The Morgan fingerprint density at radius 2 is 2.58 bits per heavy atom. The van der Waals surface area contributed by atoms with Crippen LogP contribution in [0.1, 0.15) is 17.4 Å². The lowest BCUT2D eigenvalue weighted by Crippen LogP contribution is -2.51. The van der Waals surface area contributed by atoms with E-state index in [-0.39, 0.29) is 11.9 Å². The summed E-state index contributed by atoms with van der Waals surface area (Å²) in [5.74, 6) is 0.0641. The molecule has 2 unspecified atom stereocenters. The second-order valence-electron chi connectivity index (χ2n) is 4.61. The Balaban J connectivity index is 1.97. The average molecular weight is 284 g/mol. The van der Waals surface area contributed by atoms with Gasteiger partial charge in [-0.25, -0.2) is 0 Å². The van der Waals surface area contributed by atoms with Crippen molar-refractivity contribution in [2.45, 2.75) is 18.6 Å². The summed E-state index contributed by atoms with van der Waals surface area (Å²) in [6, 6.07) is 3.79. The van der Waals surface area contributed by atoms with Gasteiger partial charge in [-0.2, -0.15) is 0 Å². The quantitative estimate of drug-likeness (QED) is 0.832. The highest BCUT2D eigenvalue weighted by molar-refractivity contribution is 7.10. The number of aliphatic hydroxyl groups is 1. The lowest BCUT2D eigenvalue weighted by molar-refractivity contribution is -0.140. The van der Waals surface area contributed by atoms with Crippen LogP contribution in [0.2, 0.25) is 0 Å². The van der Waals surface area contributed by atoms with E-state index in [1.807, 2.05) is 22.4 Å². The van der Waals surface area contributed by atoms with Gasteiger partial charge in [0.15, 0.2) is 0 Å². The molecule has 106 valence electrons. The van der Waals surface area contributed by atoms with Crippen LogP contribution in [0.3, 0.4) is 0 Å². The molecule has 0 aromatic carbocycles. The maximum absolute atomic E-state index is 12.0. The summed E-state index contributed by atoms with van der Waals surface area (Å²) < 4.78 is 5.44. The molecule has 2 rings (SSSR count). The maximum Gasteiger partial charge on any atom is 0.236 e. The van der Waals surface area contributed by atoms with E-state index in [0.717, 1.165) is 4.88 Å². The number of carbonyl (C=O) groups excluding carboxylic acids is 1.